The largest absolute Gasteiger partial charge is 0.374 e. The Balaban J connectivity index is 1.76. The third-order valence-corrected chi connectivity index (χ3v) is 5.79. The van der Waals surface area contributed by atoms with Crippen molar-refractivity contribution >= 4 is 22.6 Å². The molecule has 2 aliphatic carbocycles. The lowest BCUT2D eigenvalue weighted by molar-refractivity contribution is -0.0290. The monoisotopic (exact) mass is 336 g/mol. The summed E-state index contributed by atoms with van der Waals surface area (Å²) in [5, 5.41) is 0. The van der Waals surface area contributed by atoms with Crippen molar-refractivity contribution in [3.63, 3.8) is 0 Å². The molecular weight excluding hydrogens is 311 g/mol. The van der Waals surface area contributed by atoms with E-state index < -0.39 is 0 Å². The molecule has 16 heavy (non-hydrogen) atoms. The Labute approximate surface area is 114 Å². The van der Waals surface area contributed by atoms with Crippen LogP contribution in [0.15, 0.2) is 0 Å². The first-order valence-electron chi connectivity index (χ1n) is 6.67. The van der Waals surface area contributed by atoms with Gasteiger partial charge in [-0.15, -0.1) is 0 Å². The predicted molar refractivity (Wildman–Crippen MR) is 77.1 cm³/mol. The summed E-state index contributed by atoms with van der Waals surface area (Å²) in [4.78, 5) is 0. The Hall–Kier alpha value is 0.690. The van der Waals surface area contributed by atoms with Crippen LogP contribution in [0.4, 0.5) is 0 Å². The first kappa shape index (κ1) is 13.1. The Bertz CT molecular complexity index is 238. The maximum atomic E-state index is 6.28. The van der Waals surface area contributed by atoms with E-state index in [1.165, 1.54) is 36.5 Å². The van der Waals surface area contributed by atoms with E-state index in [0.717, 1.165) is 18.4 Å². The maximum absolute atomic E-state index is 6.28. The van der Waals surface area contributed by atoms with E-state index in [0.29, 0.717) is 5.41 Å². The Morgan fingerprint density at radius 3 is 2.31 bits per heavy atom. The van der Waals surface area contributed by atoms with Crippen LogP contribution in [0.1, 0.15) is 52.9 Å². The molecular formula is C14H25IO. The molecule has 0 aromatic rings. The van der Waals surface area contributed by atoms with E-state index in [-0.39, 0.29) is 5.60 Å². The SMILES string of the molecule is CC(C)(C)C1CC1COC1(CI)CCCC1. The number of hydrogen-bond acceptors (Lipinski definition) is 1. The zero-order chi connectivity index (χ0) is 11.8. The second kappa shape index (κ2) is 4.75. The van der Waals surface area contributed by atoms with Gasteiger partial charge in [-0.2, -0.15) is 0 Å². The first-order valence-corrected chi connectivity index (χ1v) is 8.19. The van der Waals surface area contributed by atoms with Gasteiger partial charge >= 0.3 is 0 Å². The van der Waals surface area contributed by atoms with Gasteiger partial charge in [0, 0.05) is 4.43 Å². The molecule has 0 N–H and O–H groups in total. The van der Waals surface area contributed by atoms with E-state index in [9.17, 15) is 0 Å². The Kier molecular flexibility index (Phi) is 3.90. The molecule has 2 saturated carbocycles. The smallest absolute Gasteiger partial charge is 0.0771 e. The molecule has 0 saturated heterocycles. The summed E-state index contributed by atoms with van der Waals surface area (Å²) in [7, 11) is 0. The third kappa shape index (κ3) is 2.92. The number of ether oxygens (including phenoxy) is 1. The van der Waals surface area contributed by atoms with E-state index in [4.69, 9.17) is 4.74 Å². The number of rotatable bonds is 4. The lowest BCUT2D eigenvalue weighted by Crippen LogP contribution is -2.32. The summed E-state index contributed by atoms with van der Waals surface area (Å²) >= 11 is 2.51. The van der Waals surface area contributed by atoms with Crippen LogP contribution in [0, 0.1) is 17.3 Å². The van der Waals surface area contributed by atoms with Crippen LogP contribution in [0.2, 0.25) is 0 Å². The fourth-order valence-electron chi connectivity index (χ4n) is 3.11. The van der Waals surface area contributed by atoms with Crippen molar-refractivity contribution < 1.29 is 4.74 Å². The fourth-order valence-corrected chi connectivity index (χ4v) is 4.10. The van der Waals surface area contributed by atoms with Gasteiger partial charge < -0.3 is 4.74 Å². The second-order valence-corrected chi connectivity index (χ2v) is 7.57. The zero-order valence-electron chi connectivity index (χ0n) is 10.9. The van der Waals surface area contributed by atoms with Crippen molar-refractivity contribution in [1.29, 1.82) is 0 Å². The number of halogens is 1. The van der Waals surface area contributed by atoms with Crippen molar-refractivity contribution in [2.45, 2.75) is 58.5 Å². The molecule has 0 aromatic carbocycles. The van der Waals surface area contributed by atoms with E-state index in [1.807, 2.05) is 0 Å². The lowest BCUT2D eigenvalue weighted by Gasteiger charge is -2.28. The maximum Gasteiger partial charge on any atom is 0.0771 e. The standard InChI is InChI=1S/C14H25IO/c1-13(2,3)12-8-11(12)9-16-14(10-15)6-4-5-7-14/h11-12H,4-10H2,1-3H3. The second-order valence-electron chi connectivity index (χ2n) is 6.80. The summed E-state index contributed by atoms with van der Waals surface area (Å²) in [5.74, 6) is 1.75. The predicted octanol–water partition coefficient (Wildman–Crippen LogP) is 4.43. The first-order chi connectivity index (χ1) is 7.47. The molecule has 0 radical (unpaired) electrons. The van der Waals surface area contributed by atoms with Crippen molar-refractivity contribution in [3.8, 4) is 0 Å². The highest BCUT2D eigenvalue weighted by Gasteiger charge is 2.46. The number of alkyl halides is 1. The van der Waals surface area contributed by atoms with Gasteiger partial charge in [-0.05, 0) is 36.5 Å². The van der Waals surface area contributed by atoms with Gasteiger partial charge in [-0.25, -0.2) is 0 Å². The molecule has 2 atom stereocenters. The Morgan fingerprint density at radius 2 is 1.88 bits per heavy atom. The summed E-state index contributed by atoms with van der Waals surface area (Å²) in [6.07, 6.45) is 6.72. The molecule has 94 valence electrons. The minimum atomic E-state index is 0.256. The van der Waals surface area contributed by atoms with Crippen LogP contribution in [0.3, 0.4) is 0 Å². The van der Waals surface area contributed by atoms with E-state index >= 15 is 0 Å². The molecule has 2 fully saturated rings. The molecule has 0 amide bonds. The highest BCUT2D eigenvalue weighted by atomic mass is 127. The molecule has 0 spiro atoms. The van der Waals surface area contributed by atoms with Crippen molar-refractivity contribution in [2.75, 3.05) is 11.0 Å². The molecule has 1 nitrogen and oxygen atoms in total. The van der Waals surface area contributed by atoms with E-state index in [2.05, 4.69) is 43.4 Å². The van der Waals surface area contributed by atoms with Gasteiger partial charge in [-0.3, -0.25) is 0 Å². The van der Waals surface area contributed by atoms with Gasteiger partial charge in [0.2, 0.25) is 0 Å². The average molecular weight is 336 g/mol. The summed E-state index contributed by atoms with van der Waals surface area (Å²) in [6, 6.07) is 0. The van der Waals surface area contributed by atoms with Crippen LogP contribution in [0.25, 0.3) is 0 Å². The van der Waals surface area contributed by atoms with Crippen molar-refractivity contribution in [3.05, 3.63) is 0 Å². The molecule has 0 bridgehead atoms. The van der Waals surface area contributed by atoms with Crippen LogP contribution in [-0.2, 0) is 4.74 Å². The fraction of sp³-hybridized carbons (Fsp3) is 1.00. The normalized spacial score (nSPS) is 33.0. The Morgan fingerprint density at radius 1 is 1.25 bits per heavy atom. The van der Waals surface area contributed by atoms with Crippen LogP contribution >= 0.6 is 22.6 Å². The quantitative estimate of drug-likeness (QED) is 0.545. The highest BCUT2D eigenvalue weighted by Crippen LogP contribution is 2.51. The van der Waals surface area contributed by atoms with Gasteiger partial charge in [0.15, 0.2) is 0 Å². The van der Waals surface area contributed by atoms with Crippen molar-refractivity contribution in [2.24, 2.45) is 17.3 Å². The van der Waals surface area contributed by atoms with Gasteiger partial charge in [0.25, 0.3) is 0 Å². The highest BCUT2D eigenvalue weighted by molar-refractivity contribution is 14.1. The molecule has 2 heteroatoms. The van der Waals surface area contributed by atoms with Gasteiger partial charge in [-0.1, -0.05) is 56.2 Å². The third-order valence-electron chi connectivity index (χ3n) is 4.40. The molecule has 2 aliphatic rings. The molecule has 0 aliphatic heterocycles. The number of hydrogen-bond donors (Lipinski definition) is 0. The van der Waals surface area contributed by atoms with Gasteiger partial charge in [0.05, 0.1) is 12.2 Å². The molecule has 0 aromatic heterocycles. The molecule has 2 unspecified atom stereocenters. The molecule has 0 heterocycles. The average Bonchev–Trinajstić information content (AvgIpc) is 2.87. The summed E-state index contributed by atoms with van der Waals surface area (Å²) < 4.78 is 7.46. The minimum Gasteiger partial charge on any atom is -0.374 e. The summed E-state index contributed by atoms with van der Waals surface area (Å²) in [6.45, 7) is 8.11. The summed E-state index contributed by atoms with van der Waals surface area (Å²) in [5.41, 5.74) is 0.743. The van der Waals surface area contributed by atoms with Gasteiger partial charge in [0.1, 0.15) is 0 Å². The zero-order valence-corrected chi connectivity index (χ0v) is 13.0. The minimum absolute atomic E-state index is 0.256. The van der Waals surface area contributed by atoms with Crippen LogP contribution < -0.4 is 0 Å². The molecule has 2 rings (SSSR count). The van der Waals surface area contributed by atoms with Crippen LogP contribution in [-0.4, -0.2) is 16.6 Å². The van der Waals surface area contributed by atoms with Crippen molar-refractivity contribution in [1.82, 2.24) is 0 Å². The van der Waals surface area contributed by atoms with E-state index in [1.54, 1.807) is 0 Å². The van der Waals surface area contributed by atoms with Crippen LogP contribution in [0.5, 0.6) is 0 Å². The topological polar surface area (TPSA) is 9.23 Å². The lowest BCUT2D eigenvalue weighted by atomic mass is 9.89.